The summed E-state index contributed by atoms with van der Waals surface area (Å²) in [6.45, 7) is 6.40. The van der Waals surface area contributed by atoms with E-state index >= 15 is 0 Å². The lowest BCUT2D eigenvalue weighted by Gasteiger charge is -2.22. The van der Waals surface area contributed by atoms with Crippen molar-refractivity contribution in [3.63, 3.8) is 0 Å². The lowest BCUT2D eigenvalue weighted by molar-refractivity contribution is -0.147. The van der Waals surface area contributed by atoms with E-state index in [1.807, 2.05) is 0 Å². The van der Waals surface area contributed by atoms with E-state index in [4.69, 9.17) is 18.9 Å². The van der Waals surface area contributed by atoms with Crippen molar-refractivity contribution in [3.05, 3.63) is 22.7 Å². The first kappa shape index (κ1) is 32.1. The summed E-state index contributed by atoms with van der Waals surface area (Å²) >= 11 is 0. The van der Waals surface area contributed by atoms with Gasteiger partial charge in [-0.3, -0.25) is 9.59 Å². The van der Waals surface area contributed by atoms with E-state index in [1.165, 1.54) is 14.2 Å². The van der Waals surface area contributed by atoms with Gasteiger partial charge in [-0.25, -0.2) is 9.59 Å². The summed E-state index contributed by atoms with van der Waals surface area (Å²) in [6, 6.07) is -1.16. The van der Waals surface area contributed by atoms with Crippen LogP contribution in [0.1, 0.15) is 85.5 Å². The molecular weight excluding hydrogens is 482 g/mol. The number of aliphatic hydroxyl groups excluding tert-OH is 1. The topological polar surface area (TPSA) is 137 Å². The van der Waals surface area contributed by atoms with Gasteiger partial charge in [-0.2, -0.15) is 0 Å². The predicted octanol–water partition coefficient (Wildman–Crippen LogP) is 3.90. The van der Waals surface area contributed by atoms with E-state index in [0.717, 1.165) is 44.9 Å². The minimum atomic E-state index is -1.16. The van der Waals surface area contributed by atoms with Crippen molar-refractivity contribution < 1.29 is 43.2 Å². The Balaban J connectivity index is 2.18. The fraction of sp³-hybridized carbons (Fsp3) is 0.704. The third-order valence-corrected chi connectivity index (χ3v) is 5.82. The van der Waals surface area contributed by atoms with Crippen LogP contribution in [0.4, 0.5) is 4.79 Å². The number of nitrogens with one attached hydrogen (secondary N) is 1. The molecule has 0 saturated heterocycles. The maximum Gasteiger partial charge on any atom is 0.408 e. The van der Waals surface area contributed by atoms with E-state index in [2.05, 4.69) is 5.32 Å². The molecule has 1 atom stereocenters. The molecule has 37 heavy (non-hydrogen) atoms. The number of ketones is 2. The summed E-state index contributed by atoms with van der Waals surface area (Å²) in [5.74, 6) is -1.32. The number of hydrogen-bond donors (Lipinski definition) is 2. The van der Waals surface area contributed by atoms with Crippen molar-refractivity contribution in [2.45, 2.75) is 97.1 Å². The van der Waals surface area contributed by atoms with E-state index in [0.29, 0.717) is 24.0 Å². The molecule has 2 N–H and O–H groups in total. The Labute approximate surface area is 219 Å². The van der Waals surface area contributed by atoms with E-state index in [9.17, 15) is 24.3 Å². The highest BCUT2D eigenvalue weighted by molar-refractivity contribution is 6.23. The number of carbonyl (C=O) groups excluding carboxylic acids is 4. The monoisotopic (exact) mass is 525 g/mol. The van der Waals surface area contributed by atoms with Gasteiger partial charge < -0.3 is 29.4 Å². The quantitative estimate of drug-likeness (QED) is 0.175. The fourth-order valence-electron chi connectivity index (χ4n) is 3.86. The maximum absolute atomic E-state index is 12.6. The van der Waals surface area contributed by atoms with Gasteiger partial charge in [0.2, 0.25) is 23.1 Å². The SMILES string of the molecule is COC1=C(OC)C(=O)C(CCCCCCCCCCOC(=O)C(CO)NC(=O)OC(C)(C)C)=C(C)C1=O. The molecule has 1 aliphatic rings. The molecule has 210 valence electrons. The van der Waals surface area contributed by atoms with Crippen LogP contribution in [0.15, 0.2) is 22.7 Å². The van der Waals surface area contributed by atoms with Crippen LogP contribution in [0.5, 0.6) is 0 Å². The standard InChI is InChI=1S/C27H43NO9/c1-18-19(22(31)24(35-6)23(34-5)21(18)30)15-13-11-9-7-8-10-12-14-16-36-25(32)20(17-29)28-26(33)37-27(2,3)4/h20,29H,7-17H2,1-6H3,(H,28,33). The van der Waals surface area contributed by atoms with Crippen molar-refractivity contribution in [2.75, 3.05) is 27.4 Å². The van der Waals surface area contributed by atoms with Crippen molar-refractivity contribution >= 4 is 23.6 Å². The number of ether oxygens (including phenoxy) is 4. The molecule has 1 amide bonds. The average Bonchev–Trinajstić information content (AvgIpc) is 2.83. The molecule has 1 unspecified atom stereocenters. The fourth-order valence-corrected chi connectivity index (χ4v) is 3.86. The Hall–Kier alpha value is -2.88. The highest BCUT2D eigenvalue weighted by atomic mass is 16.6. The largest absolute Gasteiger partial charge is 0.489 e. The Morgan fingerprint density at radius 1 is 0.865 bits per heavy atom. The normalized spacial score (nSPS) is 15.0. The third-order valence-electron chi connectivity index (χ3n) is 5.82. The molecule has 0 bridgehead atoms. The number of allylic oxidation sites excluding steroid dienone is 2. The predicted molar refractivity (Wildman–Crippen MR) is 137 cm³/mol. The first-order chi connectivity index (χ1) is 17.5. The first-order valence-electron chi connectivity index (χ1n) is 12.8. The second-order valence-corrected chi connectivity index (χ2v) is 9.96. The number of alkyl carbamates (subject to hydrolysis) is 1. The molecule has 10 heteroatoms. The second-order valence-electron chi connectivity index (χ2n) is 9.96. The minimum Gasteiger partial charge on any atom is -0.489 e. The van der Waals surface area contributed by atoms with Gasteiger partial charge in [0.1, 0.15) is 5.60 Å². The van der Waals surface area contributed by atoms with Crippen molar-refractivity contribution in [3.8, 4) is 0 Å². The van der Waals surface area contributed by atoms with Crippen LogP contribution in [0.3, 0.4) is 0 Å². The van der Waals surface area contributed by atoms with Gasteiger partial charge in [-0.05, 0) is 47.0 Å². The lowest BCUT2D eigenvalue weighted by atomic mass is 9.89. The molecular formula is C27H43NO9. The third kappa shape index (κ3) is 11.0. The van der Waals surface area contributed by atoms with Crippen LogP contribution in [0.2, 0.25) is 0 Å². The molecule has 0 fully saturated rings. The van der Waals surface area contributed by atoms with Crippen LogP contribution in [0, 0.1) is 0 Å². The number of hydrogen-bond acceptors (Lipinski definition) is 9. The summed E-state index contributed by atoms with van der Waals surface area (Å²) in [6.07, 6.45) is 7.20. The smallest absolute Gasteiger partial charge is 0.408 e. The highest BCUT2D eigenvalue weighted by Gasteiger charge is 2.34. The number of carbonyl (C=O) groups is 4. The Bertz CT molecular complexity index is 868. The number of unbranched alkanes of at least 4 members (excludes halogenated alkanes) is 7. The van der Waals surface area contributed by atoms with E-state index in [1.54, 1.807) is 27.7 Å². The molecule has 0 aromatic carbocycles. The lowest BCUT2D eigenvalue weighted by Crippen LogP contribution is -2.46. The summed E-state index contributed by atoms with van der Waals surface area (Å²) in [5, 5.41) is 11.7. The van der Waals surface area contributed by atoms with E-state index < -0.39 is 30.3 Å². The van der Waals surface area contributed by atoms with Gasteiger partial charge in [-0.1, -0.05) is 38.5 Å². The zero-order chi connectivity index (χ0) is 28.0. The van der Waals surface area contributed by atoms with Gasteiger partial charge >= 0.3 is 12.1 Å². The van der Waals surface area contributed by atoms with Crippen LogP contribution in [-0.2, 0) is 33.3 Å². The first-order valence-corrected chi connectivity index (χ1v) is 12.8. The molecule has 0 heterocycles. The van der Waals surface area contributed by atoms with E-state index in [-0.39, 0.29) is 29.7 Å². The Kier molecular flexibility index (Phi) is 14.0. The molecule has 10 nitrogen and oxygen atoms in total. The van der Waals surface area contributed by atoms with Gasteiger partial charge in [0.25, 0.3) is 0 Å². The summed E-state index contributed by atoms with van der Waals surface area (Å²) < 4.78 is 20.4. The molecule has 1 rings (SSSR count). The van der Waals surface area contributed by atoms with Crippen LogP contribution in [-0.4, -0.2) is 67.8 Å². The van der Waals surface area contributed by atoms with Crippen LogP contribution < -0.4 is 5.32 Å². The van der Waals surface area contributed by atoms with Crippen LogP contribution in [0.25, 0.3) is 0 Å². The Morgan fingerprint density at radius 3 is 1.89 bits per heavy atom. The number of rotatable bonds is 16. The number of esters is 1. The zero-order valence-corrected chi connectivity index (χ0v) is 23.1. The molecule has 0 spiro atoms. The molecule has 0 aromatic heterocycles. The summed E-state index contributed by atoms with van der Waals surface area (Å²) in [5.41, 5.74) is 0.219. The van der Waals surface area contributed by atoms with Crippen LogP contribution >= 0.6 is 0 Å². The minimum absolute atomic E-state index is 0.0232. The second kappa shape index (κ2) is 16.1. The molecule has 1 aliphatic carbocycles. The molecule has 0 aliphatic heterocycles. The summed E-state index contributed by atoms with van der Waals surface area (Å²) in [7, 11) is 2.71. The van der Waals surface area contributed by atoms with Gasteiger partial charge in [0.05, 0.1) is 27.4 Å². The molecule has 0 radical (unpaired) electrons. The number of aliphatic hydroxyl groups is 1. The highest BCUT2D eigenvalue weighted by Crippen LogP contribution is 2.28. The molecule has 0 aromatic rings. The average molecular weight is 526 g/mol. The number of amides is 1. The Morgan fingerprint density at radius 2 is 1.38 bits per heavy atom. The summed E-state index contributed by atoms with van der Waals surface area (Å²) in [4.78, 5) is 48.8. The van der Waals surface area contributed by atoms with Gasteiger partial charge in [-0.15, -0.1) is 0 Å². The van der Waals surface area contributed by atoms with Gasteiger partial charge in [0, 0.05) is 11.1 Å². The number of methoxy groups -OCH3 is 2. The number of Topliss-reactive ketones (excluding diaryl/α,β-unsaturated/α-hetero) is 2. The van der Waals surface area contributed by atoms with Crippen molar-refractivity contribution in [1.29, 1.82) is 0 Å². The van der Waals surface area contributed by atoms with Crippen molar-refractivity contribution in [2.24, 2.45) is 0 Å². The maximum atomic E-state index is 12.6. The molecule has 0 saturated carbocycles. The van der Waals surface area contributed by atoms with Gasteiger partial charge in [0.15, 0.2) is 6.04 Å². The van der Waals surface area contributed by atoms with Crippen molar-refractivity contribution in [1.82, 2.24) is 5.32 Å². The zero-order valence-electron chi connectivity index (χ0n) is 23.1.